The van der Waals surface area contributed by atoms with Crippen molar-refractivity contribution in [2.24, 2.45) is 0 Å². The number of fused-ring (bicyclic) bond motifs is 1. The molecule has 0 unspecified atom stereocenters. The number of nitrogens with one attached hydrogen (secondary N) is 1. The van der Waals surface area contributed by atoms with Crippen molar-refractivity contribution in [3.05, 3.63) is 34.9 Å². The van der Waals surface area contributed by atoms with Crippen molar-refractivity contribution < 1.29 is 0 Å². The van der Waals surface area contributed by atoms with Crippen molar-refractivity contribution >= 4 is 10.9 Å². The molecule has 0 aliphatic carbocycles. The maximum absolute atomic E-state index is 11.3. The van der Waals surface area contributed by atoms with Crippen molar-refractivity contribution in [3.63, 3.8) is 0 Å². The van der Waals surface area contributed by atoms with Crippen LogP contribution in [0.25, 0.3) is 10.9 Å². The zero-order valence-electron chi connectivity index (χ0n) is 6.82. The molecule has 2 aromatic heterocycles. The average Bonchev–Trinajstić information content (AvgIpc) is 2.51. The molecule has 0 saturated carbocycles. The minimum Gasteiger partial charge on any atom is -0.329 e. The van der Waals surface area contributed by atoms with Crippen LogP contribution < -0.4 is 5.56 Å². The summed E-state index contributed by atoms with van der Waals surface area (Å²) < 4.78 is 1.63. The number of aromatic amines is 1. The third-order valence-electron chi connectivity index (χ3n) is 1.93. The molecule has 64 valence electrons. The number of H-pyrrole nitrogens is 1. The fourth-order valence-corrected chi connectivity index (χ4v) is 1.37. The van der Waals surface area contributed by atoms with Crippen LogP contribution in [0.15, 0.2) is 29.3 Å². The summed E-state index contributed by atoms with van der Waals surface area (Å²) in [6.45, 7) is 0.205. The molecule has 0 spiro atoms. The van der Waals surface area contributed by atoms with E-state index in [0.717, 1.165) is 5.39 Å². The van der Waals surface area contributed by atoms with Gasteiger partial charge in [0.1, 0.15) is 12.1 Å². The fraction of sp³-hybridized carbons (Fsp3) is 0.111. The third-order valence-corrected chi connectivity index (χ3v) is 1.93. The first-order valence-electron chi connectivity index (χ1n) is 3.86. The van der Waals surface area contributed by atoms with Crippen LogP contribution in [0.1, 0.15) is 0 Å². The molecule has 1 N–H and O–H groups in total. The topological polar surface area (TPSA) is 61.6 Å². The van der Waals surface area contributed by atoms with Crippen LogP contribution in [-0.4, -0.2) is 9.55 Å². The first-order chi connectivity index (χ1) is 6.33. The van der Waals surface area contributed by atoms with E-state index >= 15 is 0 Å². The standard InChI is InChI=1S/C9H7N3O/c10-3-6-12-5-2-7-1-4-11-9(13)8(7)12/h1-2,4-5H,6H2,(H,11,13). The second-order valence-electron chi connectivity index (χ2n) is 2.71. The van der Waals surface area contributed by atoms with Gasteiger partial charge in [-0.1, -0.05) is 0 Å². The predicted octanol–water partition coefficient (Wildman–Crippen LogP) is 0.853. The Hall–Kier alpha value is -2.02. The maximum atomic E-state index is 11.3. The molecule has 0 aromatic carbocycles. The monoisotopic (exact) mass is 173 g/mol. The summed E-state index contributed by atoms with van der Waals surface area (Å²) in [5.41, 5.74) is 0.404. The van der Waals surface area contributed by atoms with Crippen molar-refractivity contribution in [1.29, 1.82) is 5.26 Å². The molecule has 0 radical (unpaired) electrons. The first-order valence-corrected chi connectivity index (χ1v) is 3.86. The van der Waals surface area contributed by atoms with E-state index in [1.807, 2.05) is 18.2 Å². The van der Waals surface area contributed by atoms with Gasteiger partial charge in [0.2, 0.25) is 0 Å². The number of nitrogens with zero attached hydrogens (tertiary/aromatic N) is 2. The smallest absolute Gasteiger partial charge is 0.272 e. The van der Waals surface area contributed by atoms with Gasteiger partial charge in [-0.15, -0.1) is 0 Å². The Kier molecular flexibility index (Phi) is 1.64. The summed E-state index contributed by atoms with van der Waals surface area (Å²) >= 11 is 0. The Morgan fingerprint density at radius 3 is 3.15 bits per heavy atom. The van der Waals surface area contributed by atoms with Gasteiger partial charge in [-0.05, 0) is 12.1 Å². The van der Waals surface area contributed by atoms with E-state index in [1.54, 1.807) is 17.0 Å². The number of hydrogen-bond acceptors (Lipinski definition) is 2. The lowest BCUT2D eigenvalue weighted by Gasteiger charge is -1.95. The lowest BCUT2D eigenvalue weighted by molar-refractivity contribution is 0.868. The predicted molar refractivity (Wildman–Crippen MR) is 48.2 cm³/mol. The molecule has 4 nitrogen and oxygen atoms in total. The molecule has 4 heteroatoms. The van der Waals surface area contributed by atoms with Crippen LogP contribution in [0, 0.1) is 11.3 Å². The van der Waals surface area contributed by atoms with Gasteiger partial charge in [-0.3, -0.25) is 4.79 Å². The first kappa shape index (κ1) is 7.62. The highest BCUT2D eigenvalue weighted by Crippen LogP contribution is 2.09. The molecule has 0 fully saturated rings. The number of aromatic nitrogens is 2. The maximum Gasteiger partial charge on any atom is 0.272 e. The lowest BCUT2D eigenvalue weighted by atomic mass is 10.3. The third kappa shape index (κ3) is 1.11. The average molecular weight is 173 g/mol. The molecule has 2 aromatic rings. The summed E-state index contributed by atoms with van der Waals surface area (Å²) in [6.07, 6.45) is 3.34. The van der Waals surface area contributed by atoms with Crippen LogP contribution in [0.5, 0.6) is 0 Å². The van der Waals surface area contributed by atoms with Gasteiger partial charge in [-0.25, -0.2) is 0 Å². The molecule has 2 heterocycles. The van der Waals surface area contributed by atoms with E-state index in [1.165, 1.54) is 0 Å². The van der Waals surface area contributed by atoms with Crippen LogP contribution in [-0.2, 0) is 6.54 Å². The molecule has 0 saturated heterocycles. The highest BCUT2D eigenvalue weighted by Gasteiger charge is 2.02. The Labute approximate surface area is 74.0 Å². The van der Waals surface area contributed by atoms with Crippen molar-refractivity contribution in [2.45, 2.75) is 6.54 Å². The number of pyridine rings is 1. The Morgan fingerprint density at radius 1 is 1.54 bits per heavy atom. The Balaban J connectivity index is 2.80. The zero-order chi connectivity index (χ0) is 9.26. The lowest BCUT2D eigenvalue weighted by Crippen LogP contribution is -2.09. The number of hydrogen-bond donors (Lipinski definition) is 1. The van der Waals surface area contributed by atoms with Crippen LogP contribution >= 0.6 is 0 Å². The van der Waals surface area contributed by atoms with Crippen LogP contribution in [0.4, 0.5) is 0 Å². The zero-order valence-corrected chi connectivity index (χ0v) is 6.82. The summed E-state index contributed by atoms with van der Waals surface area (Å²) in [5, 5.41) is 9.37. The van der Waals surface area contributed by atoms with Crippen LogP contribution in [0.3, 0.4) is 0 Å². The molecule has 0 aliphatic rings. The minimum absolute atomic E-state index is 0.155. The molecule has 0 aliphatic heterocycles. The van der Waals surface area contributed by atoms with E-state index in [0.29, 0.717) is 5.52 Å². The van der Waals surface area contributed by atoms with Crippen molar-refractivity contribution in [2.75, 3.05) is 0 Å². The molecule has 0 atom stereocenters. The normalized spacial score (nSPS) is 10.1. The SMILES string of the molecule is N#CCn1ccc2cc[nH]c(=O)c21. The number of rotatable bonds is 1. The van der Waals surface area contributed by atoms with Gasteiger partial charge in [0.25, 0.3) is 5.56 Å². The summed E-state index contributed by atoms with van der Waals surface area (Å²) in [7, 11) is 0. The van der Waals surface area contributed by atoms with Gasteiger partial charge in [0.05, 0.1) is 6.07 Å². The molecule has 0 amide bonds. The summed E-state index contributed by atoms with van der Waals surface area (Å²) in [6, 6.07) is 5.63. The Bertz CT molecular complexity index is 530. The molecular weight excluding hydrogens is 166 g/mol. The van der Waals surface area contributed by atoms with E-state index in [4.69, 9.17) is 5.26 Å². The van der Waals surface area contributed by atoms with E-state index in [9.17, 15) is 4.79 Å². The van der Waals surface area contributed by atoms with Crippen molar-refractivity contribution in [1.82, 2.24) is 9.55 Å². The molecular formula is C9H7N3O. The largest absolute Gasteiger partial charge is 0.329 e. The van der Waals surface area contributed by atoms with E-state index in [2.05, 4.69) is 4.98 Å². The fourth-order valence-electron chi connectivity index (χ4n) is 1.37. The van der Waals surface area contributed by atoms with Gasteiger partial charge < -0.3 is 9.55 Å². The number of nitriles is 1. The highest BCUT2D eigenvalue weighted by atomic mass is 16.1. The van der Waals surface area contributed by atoms with Gasteiger partial charge in [-0.2, -0.15) is 5.26 Å². The quantitative estimate of drug-likeness (QED) is 0.695. The van der Waals surface area contributed by atoms with Crippen molar-refractivity contribution in [3.8, 4) is 6.07 Å². The van der Waals surface area contributed by atoms with Gasteiger partial charge >= 0.3 is 0 Å². The highest BCUT2D eigenvalue weighted by molar-refractivity contribution is 5.78. The van der Waals surface area contributed by atoms with Crippen LogP contribution in [0.2, 0.25) is 0 Å². The molecule has 2 rings (SSSR count). The molecule has 0 bridgehead atoms. The Morgan fingerprint density at radius 2 is 2.38 bits per heavy atom. The second kappa shape index (κ2) is 2.79. The van der Waals surface area contributed by atoms with Gasteiger partial charge in [0.15, 0.2) is 0 Å². The second-order valence-corrected chi connectivity index (χ2v) is 2.71. The van der Waals surface area contributed by atoms with E-state index < -0.39 is 0 Å². The summed E-state index contributed by atoms with van der Waals surface area (Å²) in [5.74, 6) is 0. The molecule has 13 heavy (non-hydrogen) atoms. The minimum atomic E-state index is -0.155. The summed E-state index contributed by atoms with van der Waals surface area (Å²) in [4.78, 5) is 13.9. The van der Waals surface area contributed by atoms with Gasteiger partial charge in [0, 0.05) is 17.8 Å². The van der Waals surface area contributed by atoms with E-state index in [-0.39, 0.29) is 12.1 Å².